The summed E-state index contributed by atoms with van der Waals surface area (Å²) in [4.78, 5) is 6.11. The van der Waals surface area contributed by atoms with Crippen molar-refractivity contribution in [3.05, 3.63) is 23.5 Å². The van der Waals surface area contributed by atoms with Crippen molar-refractivity contribution >= 4 is 6.02 Å². The molecule has 2 aliphatic heterocycles. The predicted molar refractivity (Wildman–Crippen MR) is 51.0 cm³/mol. The van der Waals surface area contributed by atoms with Gasteiger partial charge in [-0.25, -0.2) is 4.99 Å². The molecule has 2 N–H and O–H groups in total. The summed E-state index contributed by atoms with van der Waals surface area (Å²) >= 11 is 0. The molecular weight excluding hydrogens is 166 g/mol. The van der Waals surface area contributed by atoms with Gasteiger partial charge in [0.05, 0.1) is 6.54 Å². The lowest BCUT2D eigenvalue weighted by atomic mass is 10.2. The average Bonchev–Trinajstić information content (AvgIpc) is 2.62. The fraction of sp³-hybridized carbons (Fsp3) is 0.444. The van der Waals surface area contributed by atoms with Crippen molar-refractivity contribution in [2.45, 2.75) is 6.92 Å². The lowest BCUT2D eigenvalue weighted by Gasteiger charge is -2.25. The molecule has 0 unspecified atom stereocenters. The summed E-state index contributed by atoms with van der Waals surface area (Å²) in [5.74, 6) is 0.739. The fourth-order valence-corrected chi connectivity index (χ4v) is 1.40. The Morgan fingerprint density at radius 2 is 2.46 bits per heavy atom. The summed E-state index contributed by atoms with van der Waals surface area (Å²) in [5.41, 5.74) is 6.96. The highest BCUT2D eigenvalue weighted by atomic mass is 16.5. The highest BCUT2D eigenvalue weighted by Gasteiger charge is 2.20. The lowest BCUT2D eigenvalue weighted by Crippen LogP contribution is -2.36. The highest BCUT2D eigenvalue weighted by molar-refractivity contribution is 5.77. The molecule has 0 amide bonds. The predicted octanol–water partition coefficient (Wildman–Crippen LogP) is 0.435. The van der Waals surface area contributed by atoms with Gasteiger partial charge in [0.25, 0.3) is 6.02 Å². The van der Waals surface area contributed by atoms with Crippen molar-refractivity contribution in [1.29, 1.82) is 0 Å². The van der Waals surface area contributed by atoms with E-state index in [2.05, 4.69) is 11.1 Å². The van der Waals surface area contributed by atoms with Crippen LogP contribution in [0.2, 0.25) is 0 Å². The van der Waals surface area contributed by atoms with E-state index in [1.54, 1.807) is 0 Å². The quantitative estimate of drug-likeness (QED) is 0.587. The molecule has 13 heavy (non-hydrogen) atoms. The smallest absolute Gasteiger partial charge is 0.293 e. The van der Waals surface area contributed by atoms with Gasteiger partial charge in [0.1, 0.15) is 12.4 Å². The van der Waals surface area contributed by atoms with E-state index in [9.17, 15) is 0 Å². The number of rotatable bonds is 0. The van der Waals surface area contributed by atoms with Crippen LogP contribution in [-0.2, 0) is 4.74 Å². The van der Waals surface area contributed by atoms with Gasteiger partial charge in [-0.3, -0.25) is 4.90 Å². The van der Waals surface area contributed by atoms with Crippen molar-refractivity contribution in [3.63, 3.8) is 0 Å². The van der Waals surface area contributed by atoms with Crippen LogP contribution in [0.15, 0.2) is 28.5 Å². The summed E-state index contributed by atoms with van der Waals surface area (Å²) in [6.07, 6.45) is 4.07. The Balaban J connectivity index is 2.21. The van der Waals surface area contributed by atoms with Crippen LogP contribution in [0.5, 0.6) is 0 Å². The second-order valence-corrected chi connectivity index (χ2v) is 3.09. The second-order valence-electron chi connectivity index (χ2n) is 3.09. The first-order valence-corrected chi connectivity index (χ1v) is 4.37. The molecule has 4 heteroatoms. The van der Waals surface area contributed by atoms with Crippen LogP contribution >= 0.6 is 0 Å². The first kappa shape index (κ1) is 8.16. The molecule has 0 radical (unpaired) electrons. The van der Waals surface area contributed by atoms with Gasteiger partial charge in [-0.15, -0.1) is 0 Å². The first-order valence-electron chi connectivity index (χ1n) is 4.37. The largest absolute Gasteiger partial charge is 0.463 e. The number of allylic oxidation sites excluding steroid dienone is 2. The number of hydrogen-bond donors (Lipinski definition) is 1. The van der Waals surface area contributed by atoms with Gasteiger partial charge < -0.3 is 10.5 Å². The van der Waals surface area contributed by atoms with Crippen molar-refractivity contribution in [2.75, 3.05) is 19.7 Å². The molecule has 0 saturated heterocycles. The molecule has 0 bridgehead atoms. The van der Waals surface area contributed by atoms with Gasteiger partial charge in [0.2, 0.25) is 0 Å². The Morgan fingerprint density at radius 3 is 3.15 bits per heavy atom. The van der Waals surface area contributed by atoms with E-state index in [1.165, 1.54) is 0 Å². The van der Waals surface area contributed by atoms with E-state index >= 15 is 0 Å². The molecule has 0 aromatic carbocycles. The molecular formula is C9H13N3O. The van der Waals surface area contributed by atoms with E-state index in [4.69, 9.17) is 10.5 Å². The molecule has 70 valence electrons. The number of aliphatic imine (C=N–C) groups is 1. The van der Waals surface area contributed by atoms with Gasteiger partial charge in [-0.1, -0.05) is 12.2 Å². The van der Waals surface area contributed by atoms with Gasteiger partial charge in [-0.05, 0) is 12.5 Å². The molecule has 2 rings (SSSR count). The summed E-state index contributed by atoms with van der Waals surface area (Å²) in [7, 11) is 0. The summed E-state index contributed by atoms with van der Waals surface area (Å²) in [6.45, 7) is 4.14. The number of ether oxygens (including phenoxy) is 1. The minimum absolute atomic E-state index is 0.654. The average molecular weight is 179 g/mol. The maximum absolute atomic E-state index is 5.90. The Labute approximate surface area is 77.4 Å². The number of hydrogen-bond acceptors (Lipinski definition) is 4. The fourth-order valence-electron chi connectivity index (χ4n) is 1.40. The molecule has 0 spiro atoms. The van der Waals surface area contributed by atoms with E-state index in [1.807, 2.05) is 17.9 Å². The van der Waals surface area contributed by atoms with Crippen molar-refractivity contribution in [1.82, 2.24) is 4.90 Å². The SMILES string of the molecule is CC1=C(N)N(C2=NCCO2)CC=C1. The van der Waals surface area contributed by atoms with E-state index < -0.39 is 0 Å². The maximum Gasteiger partial charge on any atom is 0.293 e. The summed E-state index contributed by atoms with van der Waals surface area (Å²) in [6, 6.07) is 0.654. The van der Waals surface area contributed by atoms with Gasteiger partial charge in [-0.2, -0.15) is 0 Å². The number of amidine groups is 1. The molecule has 0 fully saturated rings. The highest BCUT2D eigenvalue weighted by Crippen LogP contribution is 2.14. The van der Waals surface area contributed by atoms with Crippen LogP contribution in [-0.4, -0.2) is 30.6 Å². The van der Waals surface area contributed by atoms with Crippen molar-refractivity contribution < 1.29 is 4.74 Å². The molecule has 0 aromatic heterocycles. The topological polar surface area (TPSA) is 50.8 Å². The number of nitrogens with two attached hydrogens (primary N) is 1. The standard InChI is InChI=1S/C9H13N3O/c1-7-3-2-5-12(8(7)10)9-11-4-6-13-9/h2-3H,4-6,10H2,1H3. The third kappa shape index (κ3) is 1.39. The molecule has 2 heterocycles. The van der Waals surface area contributed by atoms with E-state index in [-0.39, 0.29) is 0 Å². The zero-order valence-corrected chi connectivity index (χ0v) is 7.66. The minimum atomic E-state index is 0.654. The zero-order valence-electron chi connectivity index (χ0n) is 7.66. The molecule has 0 aliphatic carbocycles. The van der Waals surface area contributed by atoms with Crippen LogP contribution in [0.1, 0.15) is 6.92 Å². The normalized spacial score (nSPS) is 21.9. The maximum atomic E-state index is 5.90. The summed E-state index contributed by atoms with van der Waals surface area (Å²) < 4.78 is 5.34. The molecule has 0 atom stereocenters. The van der Waals surface area contributed by atoms with Crippen LogP contribution < -0.4 is 5.73 Å². The molecule has 2 aliphatic rings. The lowest BCUT2D eigenvalue weighted by molar-refractivity contribution is 0.290. The third-order valence-electron chi connectivity index (χ3n) is 2.15. The van der Waals surface area contributed by atoms with Crippen LogP contribution in [0, 0.1) is 0 Å². The Kier molecular flexibility index (Phi) is 1.96. The van der Waals surface area contributed by atoms with Crippen LogP contribution in [0.25, 0.3) is 0 Å². The van der Waals surface area contributed by atoms with Crippen molar-refractivity contribution in [2.24, 2.45) is 10.7 Å². The summed E-state index contributed by atoms with van der Waals surface area (Å²) in [5, 5.41) is 0. The monoisotopic (exact) mass is 179 g/mol. The van der Waals surface area contributed by atoms with E-state index in [0.29, 0.717) is 12.6 Å². The van der Waals surface area contributed by atoms with Crippen LogP contribution in [0.4, 0.5) is 0 Å². The van der Waals surface area contributed by atoms with Gasteiger partial charge in [0, 0.05) is 6.54 Å². The molecule has 0 saturated carbocycles. The Hall–Kier alpha value is -1.45. The molecule has 0 aromatic rings. The minimum Gasteiger partial charge on any atom is -0.463 e. The van der Waals surface area contributed by atoms with Gasteiger partial charge >= 0.3 is 0 Å². The first-order chi connectivity index (χ1) is 6.29. The number of nitrogens with zero attached hydrogens (tertiary/aromatic N) is 2. The van der Waals surface area contributed by atoms with Gasteiger partial charge in [0.15, 0.2) is 0 Å². The molecule has 4 nitrogen and oxygen atoms in total. The third-order valence-corrected chi connectivity index (χ3v) is 2.15. The van der Waals surface area contributed by atoms with E-state index in [0.717, 1.165) is 24.5 Å². The zero-order chi connectivity index (χ0) is 9.26. The van der Waals surface area contributed by atoms with Crippen LogP contribution in [0.3, 0.4) is 0 Å². The Bertz CT molecular complexity index is 304. The second kappa shape index (κ2) is 3.12. The van der Waals surface area contributed by atoms with Crippen molar-refractivity contribution in [3.8, 4) is 0 Å². The Morgan fingerprint density at radius 1 is 1.62 bits per heavy atom.